The van der Waals surface area contributed by atoms with Gasteiger partial charge in [-0.3, -0.25) is 9.59 Å². The van der Waals surface area contributed by atoms with Gasteiger partial charge in [0.25, 0.3) is 5.91 Å². The lowest BCUT2D eigenvalue weighted by Gasteiger charge is -2.34. The van der Waals surface area contributed by atoms with E-state index in [-0.39, 0.29) is 11.8 Å². The number of rotatable bonds is 3. The molecular weight excluding hydrogens is 326 g/mol. The molecule has 2 saturated heterocycles. The van der Waals surface area contributed by atoms with Gasteiger partial charge in [0, 0.05) is 25.0 Å². The molecule has 1 aromatic rings. The summed E-state index contributed by atoms with van der Waals surface area (Å²) in [5.74, 6) is 0.0659. The maximum absolute atomic E-state index is 12.7. The van der Waals surface area contributed by atoms with Crippen LogP contribution in [0.15, 0.2) is 5.38 Å². The zero-order valence-corrected chi connectivity index (χ0v) is 15.0. The van der Waals surface area contributed by atoms with Gasteiger partial charge in [0.1, 0.15) is 0 Å². The number of aryl methyl sites for hydroxylation is 1. The average Bonchev–Trinajstić information content (AvgIpc) is 2.84. The van der Waals surface area contributed by atoms with Crippen LogP contribution in [0.3, 0.4) is 0 Å². The van der Waals surface area contributed by atoms with Gasteiger partial charge in [-0.15, -0.1) is 11.3 Å². The molecule has 0 radical (unpaired) electrons. The summed E-state index contributed by atoms with van der Waals surface area (Å²) >= 11 is 1.55. The summed E-state index contributed by atoms with van der Waals surface area (Å²) in [4.78, 5) is 33.2. The van der Waals surface area contributed by atoms with Gasteiger partial charge in [0.2, 0.25) is 5.91 Å². The number of ether oxygens (including phenoxy) is 1. The minimum atomic E-state index is -0.516. The number of nitrogens with zero attached hydrogens (tertiary/aromatic N) is 3. The first kappa shape index (κ1) is 17.4. The van der Waals surface area contributed by atoms with Crippen molar-refractivity contribution in [3.8, 4) is 0 Å². The van der Waals surface area contributed by atoms with Crippen LogP contribution in [-0.2, 0) is 20.7 Å². The van der Waals surface area contributed by atoms with Crippen molar-refractivity contribution in [3.63, 3.8) is 0 Å². The van der Waals surface area contributed by atoms with Crippen LogP contribution in [0.25, 0.3) is 0 Å². The molecule has 0 aromatic carbocycles. The van der Waals surface area contributed by atoms with Crippen LogP contribution < -0.4 is 0 Å². The van der Waals surface area contributed by atoms with Crippen LogP contribution in [0.1, 0.15) is 36.4 Å². The Labute approximate surface area is 146 Å². The molecule has 0 bridgehead atoms. The van der Waals surface area contributed by atoms with Crippen molar-refractivity contribution in [2.24, 2.45) is 0 Å². The third-order valence-electron chi connectivity index (χ3n) is 4.61. The highest BCUT2D eigenvalue weighted by Crippen LogP contribution is 2.16. The maximum atomic E-state index is 12.7. The molecule has 1 aromatic heterocycles. The number of carbonyl (C=O) groups excluding carboxylic acids is 2. The summed E-state index contributed by atoms with van der Waals surface area (Å²) in [6.45, 7) is 4.88. The van der Waals surface area contributed by atoms with Gasteiger partial charge in [0.05, 0.1) is 30.3 Å². The number of aromatic nitrogens is 1. The van der Waals surface area contributed by atoms with Gasteiger partial charge >= 0.3 is 0 Å². The average molecular weight is 351 g/mol. The van der Waals surface area contributed by atoms with Crippen molar-refractivity contribution >= 4 is 23.2 Å². The van der Waals surface area contributed by atoms with Gasteiger partial charge in [-0.1, -0.05) is 12.8 Å². The fraction of sp³-hybridized carbons (Fsp3) is 0.706. The Kier molecular flexibility index (Phi) is 5.84. The first-order chi connectivity index (χ1) is 11.6. The summed E-state index contributed by atoms with van der Waals surface area (Å²) in [6, 6.07) is 0. The van der Waals surface area contributed by atoms with E-state index in [2.05, 4.69) is 4.98 Å². The smallest absolute Gasteiger partial charge is 0.253 e. The quantitative estimate of drug-likeness (QED) is 0.830. The second-order valence-corrected chi connectivity index (χ2v) is 7.54. The number of morpholine rings is 1. The highest BCUT2D eigenvalue weighted by molar-refractivity contribution is 7.09. The van der Waals surface area contributed by atoms with Gasteiger partial charge in [0.15, 0.2) is 6.10 Å². The van der Waals surface area contributed by atoms with E-state index in [0.717, 1.165) is 36.6 Å². The molecule has 2 aliphatic rings. The van der Waals surface area contributed by atoms with E-state index in [9.17, 15) is 9.59 Å². The normalized spacial score (nSPS) is 22.3. The predicted molar refractivity (Wildman–Crippen MR) is 91.9 cm³/mol. The molecule has 2 aliphatic heterocycles. The minimum Gasteiger partial charge on any atom is -0.365 e. The van der Waals surface area contributed by atoms with Crippen molar-refractivity contribution in [2.45, 2.75) is 45.1 Å². The fourth-order valence-corrected chi connectivity index (χ4v) is 3.89. The molecule has 3 heterocycles. The lowest BCUT2D eigenvalue weighted by atomic mass is 10.2. The summed E-state index contributed by atoms with van der Waals surface area (Å²) in [5, 5.41) is 2.89. The Hall–Kier alpha value is -1.47. The molecule has 0 aliphatic carbocycles. The van der Waals surface area contributed by atoms with E-state index in [0.29, 0.717) is 26.1 Å². The van der Waals surface area contributed by atoms with Crippen molar-refractivity contribution in [1.29, 1.82) is 0 Å². The first-order valence-electron chi connectivity index (χ1n) is 8.72. The number of hydrogen-bond acceptors (Lipinski definition) is 5. The van der Waals surface area contributed by atoms with Crippen molar-refractivity contribution in [1.82, 2.24) is 14.8 Å². The summed E-state index contributed by atoms with van der Waals surface area (Å²) in [6.07, 6.45) is 4.28. The molecule has 0 unspecified atom stereocenters. The Bertz CT molecular complexity index is 581. The second-order valence-electron chi connectivity index (χ2n) is 6.47. The monoisotopic (exact) mass is 351 g/mol. The lowest BCUT2D eigenvalue weighted by Crippen LogP contribution is -2.53. The molecule has 0 saturated carbocycles. The standard InChI is InChI=1S/C17H25N3O3S/c1-13-18-14(12-24-13)10-16(21)20-8-9-23-15(11-20)17(22)19-6-4-2-3-5-7-19/h12,15H,2-11H2,1H3/t15-/m1/s1. The zero-order chi connectivity index (χ0) is 16.9. The zero-order valence-electron chi connectivity index (χ0n) is 14.2. The van der Waals surface area contributed by atoms with Gasteiger partial charge in [-0.2, -0.15) is 0 Å². The van der Waals surface area contributed by atoms with E-state index in [1.807, 2.05) is 17.2 Å². The number of amides is 2. The van der Waals surface area contributed by atoms with E-state index in [1.54, 1.807) is 16.2 Å². The number of thiazole rings is 1. The summed E-state index contributed by atoms with van der Waals surface area (Å²) in [7, 11) is 0. The Morgan fingerprint density at radius 2 is 1.96 bits per heavy atom. The van der Waals surface area contributed by atoms with E-state index < -0.39 is 6.10 Å². The molecule has 0 spiro atoms. The highest BCUT2D eigenvalue weighted by atomic mass is 32.1. The minimum absolute atomic E-state index is 0.0252. The SMILES string of the molecule is Cc1nc(CC(=O)N2CCO[C@@H](C(=O)N3CCCCCC3)C2)cs1. The van der Waals surface area contributed by atoms with E-state index in [4.69, 9.17) is 4.74 Å². The fourth-order valence-electron chi connectivity index (χ4n) is 3.28. The molecule has 2 amide bonds. The van der Waals surface area contributed by atoms with E-state index in [1.165, 1.54) is 12.8 Å². The Balaban J connectivity index is 1.56. The molecule has 7 heteroatoms. The van der Waals surface area contributed by atoms with Crippen LogP contribution in [0, 0.1) is 6.92 Å². The van der Waals surface area contributed by atoms with Gasteiger partial charge < -0.3 is 14.5 Å². The van der Waals surface area contributed by atoms with Crippen LogP contribution in [-0.4, -0.2) is 65.5 Å². The summed E-state index contributed by atoms with van der Waals surface area (Å²) in [5.41, 5.74) is 0.810. The molecule has 1 atom stereocenters. The second kappa shape index (κ2) is 8.07. The Morgan fingerprint density at radius 3 is 2.62 bits per heavy atom. The maximum Gasteiger partial charge on any atom is 0.253 e. The molecular formula is C17H25N3O3S. The van der Waals surface area contributed by atoms with E-state index >= 15 is 0 Å². The highest BCUT2D eigenvalue weighted by Gasteiger charge is 2.32. The molecule has 2 fully saturated rings. The van der Waals surface area contributed by atoms with Crippen LogP contribution in [0.5, 0.6) is 0 Å². The van der Waals surface area contributed by atoms with Gasteiger partial charge in [-0.05, 0) is 19.8 Å². The van der Waals surface area contributed by atoms with Crippen molar-refractivity contribution in [3.05, 3.63) is 16.1 Å². The lowest BCUT2D eigenvalue weighted by molar-refractivity contribution is -0.154. The first-order valence-corrected chi connectivity index (χ1v) is 9.60. The topological polar surface area (TPSA) is 62.7 Å². The largest absolute Gasteiger partial charge is 0.365 e. The van der Waals surface area contributed by atoms with Crippen molar-refractivity contribution < 1.29 is 14.3 Å². The van der Waals surface area contributed by atoms with Crippen molar-refractivity contribution in [2.75, 3.05) is 32.8 Å². The molecule has 3 rings (SSSR count). The van der Waals surface area contributed by atoms with Gasteiger partial charge in [-0.25, -0.2) is 4.98 Å². The van der Waals surface area contributed by atoms with Crippen LogP contribution in [0.2, 0.25) is 0 Å². The third kappa shape index (κ3) is 4.33. The summed E-state index contributed by atoms with van der Waals surface area (Å²) < 4.78 is 5.67. The molecule has 0 N–H and O–H groups in total. The molecule has 6 nitrogen and oxygen atoms in total. The third-order valence-corrected chi connectivity index (χ3v) is 5.43. The number of hydrogen-bond donors (Lipinski definition) is 0. The van der Waals surface area contributed by atoms with Crippen LogP contribution in [0.4, 0.5) is 0 Å². The van der Waals surface area contributed by atoms with Crippen LogP contribution >= 0.6 is 11.3 Å². The molecule has 24 heavy (non-hydrogen) atoms. The number of carbonyl (C=O) groups is 2. The number of likely N-dealkylation sites (tertiary alicyclic amines) is 1. The predicted octanol–water partition coefficient (Wildman–Crippen LogP) is 1.62. The molecule has 132 valence electrons. The Morgan fingerprint density at radius 1 is 1.21 bits per heavy atom.